The molecule has 1 aliphatic heterocycles. The maximum atomic E-state index is 14.1. The van der Waals surface area contributed by atoms with Gasteiger partial charge in [-0.05, 0) is 41.3 Å². The number of carbonyl (C=O) groups is 3. The molecule has 1 aliphatic rings. The number of benzene rings is 3. The monoisotopic (exact) mass is 558 g/mol. The summed E-state index contributed by atoms with van der Waals surface area (Å²) >= 11 is 0. The highest BCUT2D eigenvalue weighted by molar-refractivity contribution is 5.92. The van der Waals surface area contributed by atoms with Gasteiger partial charge in [-0.2, -0.15) is 0 Å². The van der Waals surface area contributed by atoms with Crippen molar-refractivity contribution < 1.29 is 19.1 Å². The number of carbonyl (C=O) groups excluding carboxylic acids is 3. The zero-order valence-corrected chi connectivity index (χ0v) is 24.3. The molecule has 0 aromatic heterocycles. The van der Waals surface area contributed by atoms with Crippen molar-refractivity contribution in [1.29, 1.82) is 0 Å². The van der Waals surface area contributed by atoms with Crippen LogP contribution in [0.3, 0.4) is 0 Å². The van der Waals surface area contributed by atoms with Gasteiger partial charge in [-0.3, -0.25) is 14.4 Å². The molecular weight excluding hydrogens is 516 g/mol. The Morgan fingerprint density at radius 2 is 1.59 bits per heavy atom. The first-order valence-corrected chi connectivity index (χ1v) is 14.4. The molecule has 0 aliphatic carbocycles. The molecule has 1 fully saturated rings. The molecular formula is C33H42N4O4. The van der Waals surface area contributed by atoms with Crippen molar-refractivity contribution >= 4 is 28.5 Å². The molecule has 3 aromatic carbocycles. The van der Waals surface area contributed by atoms with Crippen molar-refractivity contribution in [3.63, 3.8) is 0 Å². The van der Waals surface area contributed by atoms with Gasteiger partial charge < -0.3 is 25.2 Å². The first kappa shape index (κ1) is 30.2. The zero-order valence-electron chi connectivity index (χ0n) is 24.3. The lowest BCUT2D eigenvalue weighted by molar-refractivity contribution is -0.149. The van der Waals surface area contributed by atoms with Gasteiger partial charge in [0.2, 0.25) is 17.7 Å². The second-order valence-corrected chi connectivity index (χ2v) is 10.8. The highest BCUT2D eigenvalue weighted by Gasteiger charge is 2.35. The van der Waals surface area contributed by atoms with Gasteiger partial charge >= 0.3 is 0 Å². The molecule has 3 atom stereocenters. The van der Waals surface area contributed by atoms with Crippen LogP contribution in [0.15, 0.2) is 72.8 Å². The Hall–Kier alpha value is -3.75. The second-order valence-electron chi connectivity index (χ2n) is 10.8. The maximum Gasteiger partial charge on any atom is 0.249 e. The molecule has 3 aromatic rings. The van der Waals surface area contributed by atoms with Gasteiger partial charge in [-0.15, -0.1) is 0 Å². The average molecular weight is 559 g/mol. The molecule has 41 heavy (non-hydrogen) atoms. The highest BCUT2D eigenvalue weighted by Crippen LogP contribution is 2.20. The molecule has 1 saturated heterocycles. The third-order valence-corrected chi connectivity index (χ3v) is 7.98. The largest absolute Gasteiger partial charge is 0.370 e. The van der Waals surface area contributed by atoms with Gasteiger partial charge in [0.15, 0.2) is 0 Å². The number of hydrogen-bond acceptors (Lipinski definition) is 5. The third kappa shape index (κ3) is 8.15. The van der Waals surface area contributed by atoms with Gasteiger partial charge in [0.25, 0.3) is 0 Å². The fourth-order valence-corrected chi connectivity index (χ4v) is 5.41. The number of piperidine rings is 1. The smallest absolute Gasteiger partial charge is 0.249 e. The number of rotatable bonds is 12. The predicted molar refractivity (Wildman–Crippen MR) is 161 cm³/mol. The van der Waals surface area contributed by atoms with E-state index >= 15 is 0 Å². The lowest BCUT2D eigenvalue weighted by Crippen LogP contribution is -2.56. The van der Waals surface area contributed by atoms with Crippen molar-refractivity contribution in [3.05, 3.63) is 83.9 Å². The van der Waals surface area contributed by atoms with Gasteiger partial charge in [-0.25, -0.2) is 0 Å². The van der Waals surface area contributed by atoms with Crippen molar-refractivity contribution in [2.24, 2.45) is 0 Å². The molecule has 0 saturated carbocycles. The number of fused-ring (bicyclic) bond motifs is 1. The Morgan fingerprint density at radius 3 is 2.29 bits per heavy atom. The lowest BCUT2D eigenvalue weighted by atomic mass is 9.98. The molecule has 8 nitrogen and oxygen atoms in total. The van der Waals surface area contributed by atoms with Crippen molar-refractivity contribution in [2.75, 3.05) is 40.9 Å². The number of nitrogens with zero attached hydrogens (tertiary/aromatic N) is 2. The Morgan fingerprint density at radius 1 is 0.878 bits per heavy atom. The van der Waals surface area contributed by atoms with E-state index in [4.69, 9.17) is 4.74 Å². The minimum atomic E-state index is -0.812. The fraction of sp³-hybridized carbons (Fsp3) is 0.424. The van der Waals surface area contributed by atoms with E-state index in [-0.39, 0.29) is 30.4 Å². The molecule has 0 radical (unpaired) electrons. The molecule has 2 N–H and O–H groups in total. The summed E-state index contributed by atoms with van der Waals surface area (Å²) in [6, 6.07) is 22.4. The van der Waals surface area contributed by atoms with Gasteiger partial charge in [-0.1, -0.05) is 79.2 Å². The molecule has 3 unspecified atom stereocenters. The Kier molecular flexibility index (Phi) is 10.9. The van der Waals surface area contributed by atoms with E-state index in [1.165, 1.54) is 9.80 Å². The van der Waals surface area contributed by atoms with E-state index in [2.05, 4.69) is 16.7 Å². The summed E-state index contributed by atoms with van der Waals surface area (Å²) in [4.78, 5) is 43.4. The minimum absolute atomic E-state index is 0.108. The first-order chi connectivity index (χ1) is 19.9. The number of ether oxygens (including phenoxy) is 1. The van der Waals surface area contributed by atoms with Crippen molar-refractivity contribution in [3.8, 4) is 0 Å². The summed E-state index contributed by atoms with van der Waals surface area (Å²) < 4.78 is 5.79. The Labute approximate surface area is 243 Å². The standard InChI is InChI=1S/C33H42N4O4/c1-34-32(39)29(20-24-11-5-4-6-12-24)37(3)33(40)30(21-25-16-17-26-13-7-8-14-27(26)19-25)36(2)31(38)23-41-22-28-15-9-10-18-35-28/h4-8,11-14,16-17,19,28-30,35H,9-10,15,18,20-23H2,1-3H3,(H,34,39). The maximum absolute atomic E-state index is 14.1. The summed E-state index contributed by atoms with van der Waals surface area (Å²) in [6.07, 6.45) is 4.01. The Balaban J connectivity index is 1.54. The van der Waals surface area contributed by atoms with Crippen LogP contribution in [0.1, 0.15) is 30.4 Å². The van der Waals surface area contributed by atoms with Crippen LogP contribution in [0.2, 0.25) is 0 Å². The number of likely N-dealkylation sites (N-methyl/N-ethyl adjacent to an activating group) is 3. The van der Waals surface area contributed by atoms with Gasteiger partial charge in [0.1, 0.15) is 18.7 Å². The first-order valence-electron chi connectivity index (χ1n) is 14.4. The van der Waals surface area contributed by atoms with Crippen molar-refractivity contribution in [1.82, 2.24) is 20.4 Å². The van der Waals surface area contributed by atoms with E-state index in [9.17, 15) is 14.4 Å². The molecule has 4 rings (SSSR count). The summed E-state index contributed by atoms with van der Waals surface area (Å²) in [5, 5.41) is 8.30. The molecule has 3 amide bonds. The predicted octanol–water partition coefficient (Wildman–Crippen LogP) is 3.18. The SMILES string of the molecule is CNC(=O)C(Cc1ccccc1)N(C)C(=O)C(Cc1ccc2ccccc2c1)N(C)C(=O)COCC1CCCCN1. The molecule has 1 heterocycles. The van der Waals surface area contributed by atoms with Crippen LogP contribution in [0.5, 0.6) is 0 Å². The second kappa shape index (κ2) is 14.8. The molecule has 0 bridgehead atoms. The van der Waals surface area contributed by atoms with Crippen LogP contribution < -0.4 is 10.6 Å². The van der Waals surface area contributed by atoms with Gasteiger partial charge in [0, 0.05) is 40.0 Å². The van der Waals surface area contributed by atoms with Gasteiger partial charge in [0.05, 0.1) is 6.61 Å². The van der Waals surface area contributed by atoms with Crippen LogP contribution in [0, 0.1) is 0 Å². The normalized spacial score (nSPS) is 16.5. The quantitative estimate of drug-likeness (QED) is 0.356. The van der Waals surface area contributed by atoms with Crippen LogP contribution in [-0.2, 0) is 32.0 Å². The zero-order chi connectivity index (χ0) is 29.2. The van der Waals surface area contributed by atoms with Crippen LogP contribution >= 0.6 is 0 Å². The van der Waals surface area contributed by atoms with Crippen molar-refractivity contribution in [2.45, 2.75) is 50.2 Å². The highest BCUT2D eigenvalue weighted by atomic mass is 16.5. The van der Waals surface area contributed by atoms with Crippen LogP contribution in [0.25, 0.3) is 10.8 Å². The van der Waals surface area contributed by atoms with Crippen LogP contribution in [0.4, 0.5) is 0 Å². The van der Waals surface area contributed by atoms with E-state index in [1.807, 2.05) is 66.7 Å². The summed E-state index contributed by atoms with van der Waals surface area (Å²) in [5.41, 5.74) is 1.88. The molecule has 0 spiro atoms. The van der Waals surface area contributed by atoms with E-state index in [0.29, 0.717) is 19.4 Å². The molecule has 8 heteroatoms. The number of nitrogens with one attached hydrogen (secondary N) is 2. The lowest BCUT2D eigenvalue weighted by Gasteiger charge is -2.34. The topological polar surface area (TPSA) is 91.0 Å². The third-order valence-electron chi connectivity index (χ3n) is 7.98. The molecule has 218 valence electrons. The average Bonchev–Trinajstić information content (AvgIpc) is 3.02. The number of amides is 3. The Bertz CT molecular complexity index is 1310. The summed E-state index contributed by atoms with van der Waals surface area (Å²) in [7, 11) is 4.86. The minimum Gasteiger partial charge on any atom is -0.370 e. The number of hydrogen-bond donors (Lipinski definition) is 2. The van der Waals surface area contributed by atoms with Crippen LogP contribution in [-0.4, -0.2) is 86.5 Å². The van der Waals surface area contributed by atoms with E-state index in [0.717, 1.165) is 47.7 Å². The summed E-state index contributed by atoms with van der Waals surface area (Å²) in [5.74, 6) is -0.827. The fourth-order valence-electron chi connectivity index (χ4n) is 5.41. The van der Waals surface area contributed by atoms with E-state index in [1.54, 1.807) is 21.1 Å². The van der Waals surface area contributed by atoms with E-state index < -0.39 is 12.1 Å². The summed E-state index contributed by atoms with van der Waals surface area (Å²) in [6.45, 7) is 1.31.